The van der Waals surface area contributed by atoms with Gasteiger partial charge in [0.15, 0.2) is 0 Å². The van der Waals surface area contributed by atoms with Crippen LogP contribution in [0.25, 0.3) is 0 Å². The second-order valence-corrected chi connectivity index (χ2v) is 5.83. The van der Waals surface area contributed by atoms with Gasteiger partial charge in [-0.3, -0.25) is 4.79 Å². The Bertz CT molecular complexity index is 427. The number of ether oxygens (including phenoxy) is 1. The molecule has 124 valence electrons. The highest BCUT2D eigenvalue weighted by Gasteiger charge is 2.22. The molecule has 1 aromatic heterocycles. The van der Waals surface area contributed by atoms with Crippen molar-refractivity contribution in [2.24, 2.45) is 0 Å². The number of carbonyl (C=O) groups is 1. The van der Waals surface area contributed by atoms with Crippen LogP contribution in [0.1, 0.15) is 25.0 Å². The van der Waals surface area contributed by atoms with E-state index in [-0.39, 0.29) is 11.9 Å². The fraction of sp³-hybridized carbons (Fsp3) is 0.688. The third kappa shape index (κ3) is 5.79. The number of nitrogens with zero attached hydrogens (tertiary/aromatic N) is 1. The predicted octanol–water partition coefficient (Wildman–Crippen LogP) is 0.800. The number of methoxy groups -OCH3 is 1. The summed E-state index contributed by atoms with van der Waals surface area (Å²) >= 11 is 0. The molecule has 22 heavy (non-hydrogen) atoms. The van der Waals surface area contributed by atoms with Crippen LogP contribution in [0.15, 0.2) is 22.8 Å². The lowest BCUT2D eigenvalue weighted by atomic mass is 10.0. The van der Waals surface area contributed by atoms with Crippen molar-refractivity contribution < 1.29 is 19.1 Å². The maximum atomic E-state index is 11.9. The van der Waals surface area contributed by atoms with Crippen LogP contribution in [0.5, 0.6) is 0 Å². The first-order chi connectivity index (χ1) is 10.7. The molecular weight excluding hydrogens is 284 g/mol. The molecular formula is C16H26N2O4. The summed E-state index contributed by atoms with van der Waals surface area (Å²) in [7, 11) is 1.59. The number of rotatable bonds is 8. The highest BCUT2D eigenvalue weighted by Crippen LogP contribution is 2.11. The number of aryl methyl sites for hydroxylation is 1. The van der Waals surface area contributed by atoms with Gasteiger partial charge in [-0.05, 0) is 25.0 Å². The van der Waals surface area contributed by atoms with E-state index in [0.29, 0.717) is 26.0 Å². The monoisotopic (exact) mass is 310 g/mol. The second kappa shape index (κ2) is 8.92. The summed E-state index contributed by atoms with van der Waals surface area (Å²) < 4.78 is 10.2. The van der Waals surface area contributed by atoms with Gasteiger partial charge in [0.05, 0.1) is 19.0 Å². The number of hydrogen-bond donors (Lipinski definition) is 2. The van der Waals surface area contributed by atoms with Crippen LogP contribution >= 0.6 is 0 Å². The van der Waals surface area contributed by atoms with E-state index in [1.807, 2.05) is 12.1 Å². The molecule has 0 bridgehead atoms. The summed E-state index contributed by atoms with van der Waals surface area (Å²) in [6.07, 6.45) is 4.13. The topological polar surface area (TPSA) is 74.9 Å². The summed E-state index contributed by atoms with van der Waals surface area (Å²) in [6, 6.07) is 3.96. The number of β-amino-alcohol motifs (C(OH)–C–C–N with tert-alkyl or cyclic N) is 1. The first-order valence-corrected chi connectivity index (χ1v) is 7.88. The molecule has 2 rings (SSSR count). The molecule has 2 N–H and O–H groups in total. The lowest BCUT2D eigenvalue weighted by Gasteiger charge is -2.33. The first-order valence-electron chi connectivity index (χ1n) is 7.88. The van der Waals surface area contributed by atoms with Crippen molar-refractivity contribution in [2.45, 2.75) is 37.8 Å². The van der Waals surface area contributed by atoms with Crippen molar-refractivity contribution in [1.82, 2.24) is 10.2 Å². The molecule has 0 saturated carbocycles. The number of likely N-dealkylation sites (tertiary alicyclic amines) is 1. The van der Waals surface area contributed by atoms with Gasteiger partial charge in [-0.25, -0.2) is 0 Å². The highest BCUT2D eigenvalue weighted by atomic mass is 16.5. The van der Waals surface area contributed by atoms with Crippen LogP contribution in [0.2, 0.25) is 0 Å². The number of piperidine rings is 1. The van der Waals surface area contributed by atoms with E-state index >= 15 is 0 Å². The average Bonchev–Trinajstić information content (AvgIpc) is 3.01. The molecule has 0 radical (unpaired) electrons. The Kier molecular flexibility index (Phi) is 6.89. The highest BCUT2D eigenvalue weighted by molar-refractivity contribution is 5.76. The number of aliphatic hydroxyl groups excluding tert-OH is 1. The third-order valence-corrected chi connectivity index (χ3v) is 3.96. The maximum absolute atomic E-state index is 11.9. The molecule has 6 nitrogen and oxygen atoms in total. The fourth-order valence-corrected chi connectivity index (χ4v) is 2.79. The summed E-state index contributed by atoms with van der Waals surface area (Å²) in [5, 5.41) is 12.8. The van der Waals surface area contributed by atoms with Crippen LogP contribution in [0.3, 0.4) is 0 Å². The fourth-order valence-electron chi connectivity index (χ4n) is 2.79. The van der Waals surface area contributed by atoms with Gasteiger partial charge in [0, 0.05) is 45.6 Å². The quantitative estimate of drug-likeness (QED) is 0.743. The van der Waals surface area contributed by atoms with Crippen LogP contribution in [0, 0.1) is 0 Å². The summed E-state index contributed by atoms with van der Waals surface area (Å²) in [4.78, 5) is 14.1. The Morgan fingerprint density at radius 1 is 1.55 bits per heavy atom. The summed E-state index contributed by atoms with van der Waals surface area (Å²) in [5.41, 5.74) is 0. The summed E-state index contributed by atoms with van der Waals surface area (Å²) in [6.45, 7) is 2.78. The van der Waals surface area contributed by atoms with Gasteiger partial charge >= 0.3 is 0 Å². The lowest BCUT2D eigenvalue weighted by Crippen LogP contribution is -2.47. The molecule has 1 fully saturated rings. The number of hydrogen-bond acceptors (Lipinski definition) is 5. The number of nitrogens with one attached hydrogen (secondary N) is 1. The molecule has 1 saturated heterocycles. The largest absolute Gasteiger partial charge is 0.469 e. The van der Waals surface area contributed by atoms with Crippen molar-refractivity contribution >= 4 is 5.91 Å². The summed E-state index contributed by atoms with van der Waals surface area (Å²) in [5.74, 6) is 0.923. The van der Waals surface area contributed by atoms with E-state index in [0.717, 1.165) is 31.7 Å². The zero-order valence-electron chi connectivity index (χ0n) is 13.2. The van der Waals surface area contributed by atoms with Crippen molar-refractivity contribution in [2.75, 3.05) is 33.4 Å². The van der Waals surface area contributed by atoms with E-state index in [4.69, 9.17) is 9.15 Å². The molecule has 1 aliphatic heterocycles. The SMILES string of the molecule is COCC(O)CN1CCC(NC(=O)CCc2ccco2)CC1. The minimum atomic E-state index is -0.440. The van der Waals surface area contributed by atoms with Crippen molar-refractivity contribution in [3.05, 3.63) is 24.2 Å². The molecule has 1 amide bonds. The Labute approximate surface area is 131 Å². The standard InChI is InChI=1S/C16H26N2O4/c1-21-12-14(19)11-18-8-6-13(7-9-18)17-16(20)5-4-15-3-2-10-22-15/h2-3,10,13-14,19H,4-9,11-12H2,1H3,(H,17,20). The number of aliphatic hydroxyl groups is 1. The van der Waals surface area contributed by atoms with E-state index in [2.05, 4.69) is 10.2 Å². The molecule has 1 aliphatic rings. The minimum Gasteiger partial charge on any atom is -0.469 e. The zero-order valence-corrected chi connectivity index (χ0v) is 13.2. The Hall–Kier alpha value is -1.37. The lowest BCUT2D eigenvalue weighted by molar-refractivity contribution is -0.122. The van der Waals surface area contributed by atoms with Crippen LogP contribution < -0.4 is 5.32 Å². The van der Waals surface area contributed by atoms with Crippen molar-refractivity contribution in [3.8, 4) is 0 Å². The molecule has 2 heterocycles. The van der Waals surface area contributed by atoms with Gasteiger partial charge in [0.2, 0.25) is 5.91 Å². The van der Waals surface area contributed by atoms with Gasteiger partial charge < -0.3 is 24.5 Å². The molecule has 1 atom stereocenters. The average molecular weight is 310 g/mol. The Morgan fingerprint density at radius 3 is 2.95 bits per heavy atom. The number of amides is 1. The predicted molar refractivity (Wildman–Crippen MR) is 82.5 cm³/mol. The van der Waals surface area contributed by atoms with E-state index < -0.39 is 6.10 Å². The van der Waals surface area contributed by atoms with Gasteiger partial charge in [-0.15, -0.1) is 0 Å². The second-order valence-electron chi connectivity index (χ2n) is 5.83. The van der Waals surface area contributed by atoms with Gasteiger partial charge in [0.1, 0.15) is 5.76 Å². The first kappa shape index (κ1) is 17.0. The normalized spacial score (nSPS) is 18.3. The van der Waals surface area contributed by atoms with Gasteiger partial charge in [-0.1, -0.05) is 0 Å². The molecule has 0 aliphatic carbocycles. The van der Waals surface area contributed by atoms with E-state index in [1.165, 1.54) is 0 Å². The third-order valence-electron chi connectivity index (χ3n) is 3.96. The zero-order chi connectivity index (χ0) is 15.8. The van der Waals surface area contributed by atoms with Crippen molar-refractivity contribution in [1.29, 1.82) is 0 Å². The minimum absolute atomic E-state index is 0.0780. The maximum Gasteiger partial charge on any atom is 0.220 e. The van der Waals surface area contributed by atoms with E-state index in [9.17, 15) is 9.90 Å². The van der Waals surface area contributed by atoms with Gasteiger partial charge in [0.25, 0.3) is 0 Å². The number of carbonyl (C=O) groups excluding carboxylic acids is 1. The molecule has 6 heteroatoms. The van der Waals surface area contributed by atoms with Gasteiger partial charge in [-0.2, -0.15) is 0 Å². The molecule has 0 aromatic carbocycles. The van der Waals surface area contributed by atoms with E-state index in [1.54, 1.807) is 13.4 Å². The molecule has 1 aromatic rings. The number of furan rings is 1. The Morgan fingerprint density at radius 2 is 2.32 bits per heavy atom. The van der Waals surface area contributed by atoms with Crippen LogP contribution in [-0.2, 0) is 16.0 Å². The Balaban J connectivity index is 1.61. The molecule has 0 spiro atoms. The van der Waals surface area contributed by atoms with Crippen molar-refractivity contribution in [3.63, 3.8) is 0 Å². The smallest absolute Gasteiger partial charge is 0.220 e. The van der Waals surface area contributed by atoms with Crippen LogP contribution in [-0.4, -0.2) is 61.4 Å². The molecule has 1 unspecified atom stereocenters. The van der Waals surface area contributed by atoms with Crippen LogP contribution in [0.4, 0.5) is 0 Å².